The number of amides is 16. The number of rotatable bonds is 25. The van der Waals surface area contributed by atoms with Gasteiger partial charge in [-0.05, 0) is 165 Å². The molecule has 0 radical (unpaired) electrons. The molecular weight excluding hydrogens is 1950 g/mol. The van der Waals surface area contributed by atoms with E-state index in [0.29, 0.717) is 5.57 Å². The second kappa shape index (κ2) is 56.1. The molecule has 0 aromatic carbocycles. The minimum absolute atomic E-state index is 0.000596. The molecule has 8 aliphatic heterocycles. The molecule has 0 aromatic heterocycles. The Hall–Kier alpha value is -13.2. The lowest BCUT2D eigenvalue weighted by molar-refractivity contribution is -0.177. The maximum Gasteiger partial charge on any atom is 0.333 e. The van der Waals surface area contributed by atoms with Crippen molar-refractivity contribution in [3.05, 3.63) is 97.7 Å². The highest BCUT2D eigenvalue weighted by Crippen LogP contribution is 2.46. The maximum absolute atomic E-state index is 12.1. The van der Waals surface area contributed by atoms with Gasteiger partial charge in [-0.25, -0.2) is 38.4 Å². The Morgan fingerprint density at radius 3 is 0.647 bits per heavy atom. The van der Waals surface area contributed by atoms with E-state index in [1.54, 1.807) is 6.92 Å². The Morgan fingerprint density at radius 2 is 0.413 bits per heavy atom. The number of fused-ring (bicyclic) bond motifs is 8. The Balaban J connectivity index is 0.000000190. The Kier molecular flexibility index (Phi) is 45.0. The lowest BCUT2D eigenvalue weighted by Gasteiger charge is -2.48. The first-order chi connectivity index (χ1) is 71.1. The average molecular weight is 2090 g/mol. The summed E-state index contributed by atoms with van der Waals surface area (Å²) < 4.78 is 38.6. The molecule has 0 spiro atoms. The summed E-state index contributed by atoms with van der Waals surface area (Å²) >= 11 is 0. The normalized spacial score (nSPS) is 26.2. The third-order valence-corrected chi connectivity index (χ3v) is 30.1. The molecule has 40 heteroatoms. The summed E-state index contributed by atoms with van der Waals surface area (Å²) in [4.78, 5) is 290. The summed E-state index contributed by atoms with van der Waals surface area (Å²) in [6.45, 7) is 39.1. The molecule has 16 rings (SSSR count). The van der Waals surface area contributed by atoms with Crippen LogP contribution in [-0.2, 0) is 153 Å². The first kappa shape index (κ1) is 120. The van der Waals surface area contributed by atoms with E-state index in [-0.39, 0.29) is 228 Å². The van der Waals surface area contributed by atoms with Gasteiger partial charge in [-0.3, -0.25) is 116 Å². The number of hydrogen-bond acceptors (Lipinski definition) is 32. The van der Waals surface area contributed by atoms with Crippen LogP contribution in [0.15, 0.2) is 97.7 Å². The van der Waals surface area contributed by atoms with E-state index in [9.17, 15) is 115 Å². The minimum Gasteiger partial charge on any atom is -0.462 e. The van der Waals surface area contributed by atoms with E-state index in [4.69, 9.17) is 37.9 Å². The van der Waals surface area contributed by atoms with Gasteiger partial charge in [0.2, 0.25) is 53.2 Å². The van der Waals surface area contributed by atoms with Crippen molar-refractivity contribution in [1.82, 2.24) is 39.2 Å². The van der Waals surface area contributed by atoms with Gasteiger partial charge in [-0.1, -0.05) is 181 Å². The van der Waals surface area contributed by atoms with Gasteiger partial charge in [-0.15, -0.1) is 0 Å². The molecule has 8 aliphatic carbocycles. The summed E-state index contributed by atoms with van der Waals surface area (Å²) in [5, 5.41) is 0. The zero-order valence-electron chi connectivity index (χ0n) is 88.2. The fourth-order valence-corrected chi connectivity index (χ4v) is 21.9. The fraction of sp³-hybridized carbons (Fsp3) is 0.636. The van der Waals surface area contributed by atoms with Gasteiger partial charge >= 0.3 is 47.8 Å². The molecule has 18 atom stereocenters. The fourth-order valence-electron chi connectivity index (χ4n) is 21.9. The molecule has 8 heterocycles. The van der Waals surface area contributed by atoms with Crippen LogP contribution in [0, 0.1) is 47.3 Å². The molecule has 8 saturated carbocycles. The van der Waals surface area contributed by atoms with Crippen LogP contribution in [0.5, 0.6) is 0 Å². The van der Waals surface area contributed by atoms with Crippen molar-refractivity contribution in [3.63, 3.8) is 0 Å². The van der Waals surface area contributed by atoms with E-state index < -0.39 is 101 Å². The van der Waals surface area contributed by atoms with Crippen LogP contribution in [-0.4, -0.2) is 282 Å². The lowest BCUT2D eigenvalue weighted by atomic mass is 9.76. The Labute approximate surface area is 875 Å². The highest BCUT2D eigenvalue weighted by atomic mass is 16.6. The number of likely N-dealkylation sites (tertiary alicyclic amines) is 8. The first-order valence-electron chi connectivity index (χ1n) is 52.7. The lowest BCUT2D eigenvalue weighted by Crippen LogP contribution is -2.65. The highest BCUT2D eigenvalue weighted by molar-refractivity contribution is 6.09. The van der Waals surface area contributed by atoms with Gasteiger partial charge in [0, 0.05) is 45.1 Å². The van der Waals surface area contributed by atoms with Crippen molar-refractivity contribution in [2.45, 2.75) is 360 Å². The molecule has 16 aliphatic rings. The SMILES string of the molecule is C=C(C)C(=O)OC(C)C(=O)N1C(=O)C2CCCC21.C=C(C)C(=O)OC(C)C(=O)N1C(=O)C2CCCCC21.C=C(C)C(=O)OCC(=O)N1C(=O)C2CCCC21.C=C(C)C(=O)OCC(=O)N1C(=O)C2CCCCC21.C=C(C)C(=O)OCC(=O)N1C(=O)C2CCCCCC21.C=C(C)C(=O)OCC(=O)N1C(=O)C2CCCCCCC21.C=C(C)C(=O)OCCC(=O)N1C(=O)C2CCCCCC21.C=CC(=O)OCC(=O)N1C(=O)C2CCCCCCC21. The minimum atomic E-state index is -0.934. The van der Waals surface area contributed by atoms with Gasteiger partial charge in [0.25, 0.3) is 41.4 Å². The third kappa shape index (κ3) is 30.0. The molecular formula is C110H148N8O32. The van der Waals surface area contributed by atoms with Gasteiger partial charge < -0.3 is 37.9 Å². The first-order valence-corrected chi connectivity index (χ1v) is 52.7. The van der Waals surface area contributed by atoms with Gasteiger partial charge in [0.05, 0.1) is 102 Å². The number of β-lactam (4-membered cyclic amide) rings is 8. The number of carbonyl (C=O) groups excluding carboxylic acids is 24. The van der Waals surface area contributed by atoms with Crippen LogP contribution >= 0.6 is 0 Å². The number of ether oxygens (including phenoxy) is 8. The quantitative estimate of drug-likeness (QED) is 0.0354. The maximum atomic E-state index is 12.1. The molecule has 16 amide bonds. The average Bonchev–Trinajstić information content (AvgIpc) is 1.66. The molecule has 40 nitrogen and oxygen atoms in total. The largest absolute Gasteiger partial charge is 0.462 e. The molecule has 0 bridgehead atoms. The van der Waals surface area contributed by atoms with Crippen LogP contribution in [0.25, 0.3) is 0 Å². The van der Waals surface area contributed by atoms with E-state index in [2.05, 4.69) is 52.6 Å². The summed E-state index contributed by atoms with van der Waals surface area (Å²) in [5.74, 6) is -8.64. The monoisotopic (exact) mass is 2090 g/mol. The number of imide groups is 8. The number of nitrogens with zero attached hydrogens (tertiary/aromatic N) is 8. The second-order valence-corrected chi connectivity index (χ2v) is 41.3. The molecule has 0 N–H and O–H groups in total. The van der Waals surface area contributed by atoms with E-state index in [0.717, 1.165) is 224 Å². The smallest absolute Gasteiger partial charge is 0.333 e. The van der Waals surface area contributed by atoms with Crippen molar-refractivity contribution in [2.24, 2.45) is 47.3 Å². The van der Waals surface area contributed by atoms with Crippen LogP contribution in [0.2, 0.25) is 0 Å². The topological polar surface area (TPSA) is 509 Å². The van der Waals surface area contributed by atoms with E-state index >= 15 is 0 Å². The molecule has 0 aromatic rings. The Bertz CT molecular complexity index is 5310. The van der Waals surface area contributed by atoms with Crippen LogP contribution in [0.4, 0.5) is 0 Å². The van der Waals surface area contributed by atoms with E-state index in [1.807, 2.05) is 0 Å². The van der Waals surface area contributed by atoms with Crippen molar-refractivity contribution in [1.29, 1.82) is 0 Å². The van der Waals surface area contributed by atoms with Crippen molar-refractivity contribution in [2.75, 3.05) is 39.6 Å². The van der Waals surface area contributed by atoms with Crippen molar-refractivity contribution >= 4 is 142 Å². The van der Waals surface area contributed by atoms with Crippen LogP contribution in [0.3, 0.4) is 0 Å². The third-order valence-electron chi connectivity index (χ3n) is 30.1. The molecule has 18 unspecified atom stereocenters. The number of esters is 8. The van der Waals surface area contributed by atoms with Crippen LogP contribution in [0.1, 0.15) is 300 Å². The molecule has 820 valence electrons. The summed E-state index contributed by atoms with van der Waals surface area (Å²) in [5.41, 5.74) is 1.76. The summed E-state index contributed by atoms with van der Waals surface area (Å²) in [6.07, 6.45) is 34.7. The van der Waals surface area contributed by atoms with E-state index in [1.165, 1.54) is 107 Å². The zero-order chi connectivity index (χ0) is 111. The van der Waals surface area contributed by atoms with Gasteiger partial charge in [-0.2, -0.15) is 0 Å². The van der Waals surface area contributed by atoms with Crippen molar-refractivity contribution in [3.8, 4) is 0 Å². The standard InChI is InChI=1S/2C15H21NO4.3C14H19NO4.2C13H17NO4.C12H15NO4/c1-10(2)15(19)20-9-8-13(17)16-12-7-5-3-4-6-11(12)14(16)18;1-10(2)15(19)20-9-13(17)16-12-8-6-4-3-5-7-11(12)14(16)18;1-8(2)14(18)19-9(3)12(16)15-11-7-5-4-6-10(11)13(15)17;1-9(2)14(18)19-8-12(16)15-11-7-5-3-4-6-10(11)13(15)17;1-2-13(17)19-9-12(16)15-11-8-6-4-3-5-7-10(11)14(15)18;1-7(2)13(17)18-8(3)11(15)14-10-6-4-5-9(10)12(14)16;1-8(2)13(17)18-7-11(15)14-10-6-4-3-5-9(10)12(14)16;1-7(2)12(16)17-6-10(14)13-9-5-3-4-8(9)11(13)15/h2*11-12H,1,3-9H2,2H3;9-11H,1,4-7H2,2-3H3;10-11H,1,3-8H2,2H3;2,10-11H,1,3-9H2;8-10H,1,4-6H2,2-3H3;9-10H,1,3-7H2,2H3;8-9H,1,3-6H2,2H3. The Morgan fingerprint density at radius 1 is 0.240 bits per heavy atom. The van der Waals surface area contributed by atoms with Crippen LogP contribution < -0.4 is 0 Å². The van der Waals surface area contributed by atoms with Gasteiger partial charge in [0.1, 0.15) is 6.61 Å². The molecule has 150 heavy (non-hydrogen) atoms. The van der Waals surface area contributed by atoms with Crippen molar-refractivity contribution < 1.29 is 153 Å². The number of carbonyl (C=O) groups is 24. The summed E-state index contributed by atoms with van der Waals surface area (Å²) in [6, 6.07) is 0.235. The summed E-state index contributed by atoms with van der Waals surface area (Å²) in [7, 11) is 0. The highest BCUT2D eigenvalue weighted by Gasteiger charge is 2.59. The molecule has 16 fully saturated rings. The predicted molar refractivity (Wildman–Crippen MR) is 535 cm³/mol. The number of hydrogen-bond donors (Lipinski definition) is 0. The zero-order valence-corrected chi connectivity index (χ0v) is 88.2. The second-order valence-electron chi connectivity index (χ2n) is 41.3. The van der Waals surface area contributed by atoms with Gasteiger partial charge in [0.15, 0.2) is 45.2 Å². The predicted octanol–water partition coefficient (Wildman–Crippen LogP) is 10.6. The molecule has 8 saturated heterocycles.